The smallest absolute Gasteiger partial charge is 0.339 e. The van der Waals surface area contributed by atoms with Gasteiger partial charge < -0.3 is 10.5 Å². The van der Waals surface area contributed by atoms with Gasteiger partial charge in [0, 0.05) is 0 Å². The number of ether oxygens (including phenoxy) is 1. The van der Waals surface area contributed by atoms with Crippen molar-refractivity contribution in [1.82, 2.24) is 5.32 Å². The summed E-state index contributed by atoms with van der Waals surface area (Å²) in [6, 6.07) is 4.28. The summed E-state index contributed by atoms with van der Waals surface area (Å²) in [5.74, 6) is -1.62. The van der Waals surface area contributed by atoms with Gasteiger partial charge in [-0.05, 0) is 37.0 Å². The fraction of sp³-hybridized carbons (Fsp3) is 0.400. The fourth-order valence-corrected chi connectivity index (χ4v) is 1.84. The average Bonchev–Trinajstić information content (AvgIpc) is 2.37. The number of urea groups is 1. The van der Waals surface area contributed by atoms with Crippen LogP contribution < -0.4 is 11.1 Å². The van der Waals surface area contributed by atoms with Crippen LogP contribution in [-0.2, 0) is 9.53 Å². The Balaban J connectivity index is 2.94. The lowest BCUT2D eigenvalue weighted by Gasteiger charge is -2.20. The molecule has 1 rings (SSSR count). The standard InChI is InChI=1S/C15H20N2O4/c1-8(2)12(13(18)17-15(16)20)21-14(19)11-7-5-6-9(3)10(11)4/h5-8,12H,1-4H3,(H3,16,17,18,20)/t12-/m1/s1. The molecule has 0 heterocycles. The van der Waals surface area contributed by atoms with E-state index >= 15 is 0 Å². The van der Waals surface area contributed by atoms with Crippen LogP contribution in [0.15, 0.2) is 18.2 Å². The summed E-state index contributed by atoms with van der Waals surface area (Å²) in [4.78, 5) is 34.8. The van der Waals surface area contributed by atoms with Gasteiger partial charge >= 0.3 is 12.0 Å². The number of benzene rings is 1. The first-order valence-corrected chi connectivity index (χ1v) is 6.61. The van der Waals surface area contributed by atoms with E-state index in [0.717, 1.165) is 11.1 Å². The van der Waals surface area contributed by atoms with E-state index in [1.165, 1.54) is 0 Å². The summed E-state index contributed by atoms with van der Waals surface area (Å²) in [5, 5.41) is 1.93. The largest absolute Gasteiger partial charge is 0.448 e. The molecule has 0 aliphatic heterocycles. The number of carbonyl (C=O) groups excluding carboxylic acids is 3. The molecule has 0 aromatic heterocycles. The number of rotatable bonds is 4. The summed E-state index contributed by atoms with van der Waals surface area (Å²) in [6.45, 7) is 7.11. The molecule has 0 fully saturated rings. The molecule has 0 saturated heterocycles. The molecular formula is C15H20N2O4. The Kier molecular flexibility index (Phi) is 5.46. The first kappa shape index (κ1) is 16.7. The van der Waals surface area contributed by atoms with Gasteiger partial charge in [-0.2, -0.15) is 0 Å². The Morgan fingerprint density at radius 3 is 2.33 bits per heavy atom. The highest BCUT2D eigenvalue weighted by Crippen LogP contribution is 2.16. The Hall–Kier alpha value is -2.37. The maximum absolute atomic E-state index is 12.2. The number of hydrogen-bond donors (Lipinski definition) is 2. The van der Waals surface area contributed by atoms with Crippen LogP contribution in [0.1, 0.15) is 35.3 Å². The number of amides is 3. The molecule has 1 aromatic carbocycles. The number of nitrogens with one attached hydrogen (secondary N) is 1. The third kappa shape index (κ3) is 4.30. The zero-order valence-corrected chi connectivity index (χ0v) is 12.6. The van der Waals surface area contributed by atoms with Crippen LogP contribution in [0.3, 0.4) is 0 Å². The van der Waals surface area contributed by atoms with Crippen LogP contribution in [0.4, 0.5) is 4.79 Å². The number of hydrogen-bond acceptors (Lipinski definition) is 4. The first-order chi connectivity index (χ1) is 9.73. The van der Waals surface area contributed by atoms with Gasteiger partial charge in [0.2, 0.25) is 0 Å². The molecule has 0 spiro atoms. The third-order valence-corrected chi connectivity index (χ3v) is 3.17. The number of nitrogens with two attached hydrogens (primary N) is 1. The van der Waals surface area contributed by atoms with E-state index in [4.69, 9.17) is 10.5 Å². The van der Waals surface area contributed by atoms with Gasteiger partial charge in [0.1, 0.15) is 0 Å². The van der Waals surface area contributed by atoms with Gasteiger partial charge in [-0.1, -0.05) is 26.0 Å². The van der Waals surface area contributed by atoms with Crippen molar-refractivity contribution < 1.29 is 19.1 Å². The SMILES string of the molecule is Cc1cccc(C(=O)O[C@@H](C(=O)NC(N)=O)C(C)C)c1C. The molecule has 1 atom stereocenters. The fourth-order valence-electron chi connectivity index (χ4n) is 1.84. The highest BCUT2D eigenvalue weighted by atomic mass is 16.5. The van der Waals surface area contributed by atoms with E-state index in [-0.39, 0.29) is 5.92 Å². The number of aryl methyl sites for hydroxylation is 1. The van der Waals surface area contributed by atoms with Gasteiger partial charge in [-0.3, -0.25) is 10.1 Å². The van der Waals surface area contributed by atoms with Crippen molar-refractivity contribution in [3.8, 4) is 0 Å². The van der Waals surface area contributed by atoms with Crippen molar-refractivity contribution in [3.63, 3.8) is 0 Å². The van der Waals surface area contributed by atoms with Crippen molar-refractivity contribution in [2.24, 2.45) is 11.7 Å². The Morgan fingerprint density at radius 1 is 1.19 bits per heavy atom. The van der Waals surface area contributed by atoms with E-state index < -0.39 is 24.0 Å². The molecule has 0 aliphatic rings. The number of esters is 1. The molecule has 21 heavy (non-hydrogen) atoms. The Labute approximate surface area is 123 Å². The van der Waals surface area contributed by atoms with E-state index in [0.29, 0.717) is 5.56 Å². The summed E-state index contributed by atoms with van der Waals surface area (Å²) < 4.78 is 5.24. The summed E-state index contributed by atoms with van der Waals surface area (Å²) in [6.07, 6.45) is -1.08. The van der Waals surface area contributed by atoms with Crippen LogP contribution in [0, 0.1) is 19.8 Å². The van der Waals surface area contributed by atoms with Crippen molar-refractivity contribution in [2.75, 3.05) is 0 Å². The zero-order valence-electron chi connectivity index (χ0n) is 12.6. The lowest BCUT2D eigenvalue weighted by Crippen LogP contribution is -2.45. The van der Waals surface area contributed by atoms with Crippen LogP contribution in [0.2, 0.25) is 0 Å². The number of carbonyl (C=O) groups is 3. The van der Waals surface area contributed by atoms with Crippen molar-refractivity contribution in [2.45, 2.75) is 33.8 Å². The molecule has 0 radical (unpaired) electrons. The molecule has 0 unspecified atom stereocenters. The monoisotopic (exact) mass is 292 g/mol. The van der Waals surface area contributed by atoms with E-state index in [1.54, 1.807) is 32.9 Å². The lowest BCUT2D eigenvalue weighted by atomic mass is 10.0. The quantitative estimate of drug-likeness (QED) is 0.825. The highest BCUT2D eigenvalue weighted by Gasteiger charge is 2.28. The van der Waals surface area contributed by atoms with Crippen molar-refractivity contribution in [3.05, 3.63) is 34.9 Å². The molecule has 114 valence electrons. The van der Waals surface area contributed by atoms with Crippen LogP contribution in [0.5, 0.6) is 0 Å². The molecule has 0 bridgehead atoms. The van der Waals surface area contributed by atoms with Crippen molar-refractivity contribution in [1.29, 1.82) is 0 Å². The number of primary amides is 1. The van der Waals surface area contributed by atoms with E-state index in [1.807, 2.05) is 18.3 Å². The Morgan fingerprint density at radius 2 is 1.81 bits per heavy atom. The topological polar surface area (TPSA) is 98.5 Å². The van der Waals surface area contributed by atoms with Gasteiger partial charge in [0.25, 0.3) is 5.91 Å². The Bertz CT molecular complexity index is 567. The second-order valence-electron chi connectivity index (χ2n) is 5.17. The second kappa shape index (κ2) is 6.88. The number of imide groups is 1. The van der Waals surface area contributed by atoms with Crippen LogP contribution in [0.25, 0.3) is 0 Å². The molecule has 6 nitrogen and oxygen atoms in total. The molecule has 3 amide bonds. The minimum atomic E-state index is -1.08. The summed E-state index contributed by atoms with van der Waals surface area (Å²) in [7, 11) is 0. The van der Waals surface area contributed by atoms with Crippen LogP contribution in [-0.4, -0.2) is 24.0 Å². The van der Waals surface area contributed by atoms with Gasteiger partial charge in [-0.15, -0.1) is 0 Å². The lowest BCUT2D eigenvalue weighted by molar-refractivity contribution is -0.130. The minimum Gasteiger partial charge on any atom is -0.448 e. The second-order valence-corrected chi connectivity index (χ2v) is 5.17. The van der Waals surface area contributed by atoms with E-state index in [9.17, 15) is 14.4 Å². The first-order valence-electron chi connectivity index (χ1n) is 6.61. The molecule has 3 N–H and O–H groups in total. The van der Waals surface area contributed by atoms with Gasteiger partial charge in [-0.25, -0.2) is 9.59 Å². The van der Waals surface area contributed by atoms with Crippen LogP contribution >= 0.6 is 0 Å². The molecule has 0 aliphatic carbocycles. The van der Waals surface area contributed by atoms with Crippen molar-refractivity contribution >= 4 is 17.9 Å². The molecule has 0 saturated carbocycles. The zero-order chi connectivity index (χ0) is 16.2. The van der Waals surface area contributed by atoms with Gasteiger partial charge in [0.15, 0.2) is 6.10 Å². The predicted molar refractivity (Wildman–Crippen MR) is 77.7 cm³/mol. The van der Waals surface area contributed by atoms with Gasteiger partial charge in [0.05, 0.1) is 5.56 Å². The predicted octanol–water partition coefficient (Wildman–Crippen LogP) is 1.68. The average molecular weight is 292 g/mol. The summed E-state index contributed by atoms with van der Waals surface area (Å²) in [5.41, 5.74) is 7.04. The molecule has 6 heteroatoms. The maximum atomic E-state index is 12.2. The minimum absolute atomic E-state index is 0.293. The molecular weight excluding hydrogens is 272 g/mol. The third-order valence-electron chi connectivity index (χ3n) is 3.17. The highest BCUT2D eigenvalue weighted by molar-refractivity contribution is 5.98. The normalized spacial score (nSPS) is 11.9. The maximum Gasteiger partial charge on any atom is 0.339 e. The van der Waals surface area contributed by atoms with E-state index in [2.05, 4.69) is 0 Å². The summed E-state index contributed by atoms with van der Waals surface area (Å²) >= 11 is 0. The molecule has 1 aromatic rings.